The molecule has 5 nitrogen and oxygen atoms in total. The van der Waals surface area contributed by atoms with E-state index >= 15 is 0 Å². The standard InChI is InChI=1S/C14H11BrClFN2O3S/c1-23(21,22)19-13-3-2-11(7-12(13)16)18-14(20)8-4-9(15)6-10(17)5-8/h2-7,19H,1H3,(H,18,20). The monoisotopic (exact) mass is 420 g/mol. The zero-order valence-corrected chi connectivity index (χ0v) is 14.9. The molecule has 0 saturated heterocycles. The van der Waals surface area contributed by atoms with Crippen LogP contribution in [0.3, 0.4) is 0 Å². The van der Waals surface area contributed by atoms with E-state index in [0.29, 0.717) is 10.2 Å². The van der Waals surface area contributed by atoms with Gasteiger partial charge in [-0.25, -0.2) is 12.8 Å². The van der Waals surface area contributed by atoms with Gasteiger partial charge in [0.15, 0.2) is 0 Å². The van der Waals surface area contributed by atoms with Gasteiger partial charge in [0.1, 0.15) is 5.82 Å². The lowest BCUT2D eigenvalue weighted by Crippen LogP contribution is -2.13. The number of rotatable bonds is 4. The molecule has 0 aliphatic carbocycles. The summed E-state index contributed by atoms with van der Waals surface area (Å²) in [5, 5.41) is 2.67. The highest BCUT2D eigenvalue weighted by Crippen LogP contribution is 2.26. The molecule has 0 aliphatic heterocycles. The van der Waals surface area contributed by atoms with Crippen LogP contribution in [0.1, 0.15) is 10.4 Å². The highest BCUT2D eigenvalue weighted by atomic mass is 79.9. The van der Waals surface area contributed by atoms with Gasteiger partial charge in [0.2, 0.25) is 10.0 Å². The van der Waals surface area contributed by atoms with Crippen LogP contribution in [0.4, 0.5) is 15.8 Å². The molecule has 1 amide bonds. The number of carbonyl (C=O) groups excluding carboxylic acids is 1. The second kappa shape index (κ2) is 6.86. The van der Waals surface area contributed by atoms with E-state index in [1.54, 1.807) is 0 Å². The molecule has 2 aromatic rings. The van der Waals surface area contributed by atoms with E-state index in [4.69, 9.17) is 11.6 Å². The van der Waals surface area contributed by atoms with Crippen LogP contribution in [-0.2, 0) is 10.0 Å². The largest absolute Gasteiger partial charge is 0.322 e. The van der Waals surface area contributed by atoms with Crippen molar-refractivity contribution >= 4 is 54.8 Å². The number of hydrogen-bond acceptors (Lipinski definition) is 3. The van der Waals surface area contributed by atoms with Crippen molar-refractivity contribution in [2.45, 2.75) is 0 Å². The van der Waals surface area contributed by atoms with Crippen molar-refractivity contribution in [2.75, 3.05) is 16.3 Å². The molecule has 0 bridgehead atoms. The normalized spacial score (nSPS) is 11.1. The predicted octanol–water partition coefficient (Wildman–Crippen LogP) is 3.87. The number of nitrogens with one attached hydrogen (secondary N) is 2. The summed E-state index contributed by atoms with van der Waals surface area (Å²) in [6.45, 7) is 0. The summed E-state index contributed by atoms with van der Waals surface area (Å²) in [5.74, 6) is -1.07. The fourth-order valence-corrected chi connectivity index (χ4v) is 3.09. The van der Waals surface area contributed by atoms with E-state index in [2.05, 4.69) is 26.0 Å². The van der Waals surface area contributed by atoms with Crippen molar-refractivity contribution in [1.29, 1.82) is 0 Å². The van der Waals surface area contributed by atoms with Crippen LogP contribution < -0.4 is 10.0 Å². The first-order valence-corrected chi connectivity index (χ1v) is 9.25. The van der Waals surface area contributed by atoms with Gasteiger partial charge in [-0.05, 0) is 36.4 Å². The Hall–Kier alpha value is -1.64. The zero-order chi connectivity index (χ0) is 17.2. The zero-order valence-electron chi connectivity index (χ0n) is 11.7. The van der Waals surface area contributed by atoms with Gasteiger partial charge in [0.25, 0.3) is 5.91 Å². The first-order valence-electron chi connectivity index (χ1n) is 6.19. The molecule has 9 heteroatoms. The quantitative estimate of drug-likeness (QED) is 0.787. The maximum atomic E-state index is 13.3. The van der Waals surface area contributed by atoms with Gasteiger partial charge < -0.3 is 5.32 Å². The van der Waals surface area contributed by atoms with Gasteiger partial charge >= 0.3 is 0 Å². The molecule has 0 unspecified atom stereocenters. The first-order chi connectivity index (χ1) is 10.6. The number of sulfonamides is 1. The van der Waals surface area contributed by atoms with Crippen LogP contribution in [0.2, 0.25) is 5.02 Å². The van der Waals surface area contributed by atoms with Gasteiger partial charge in [-0.3, -0.25) is 9.52 Å². The van der Waals surface area contributed by atoms with Gasteiger partial charge in [0, 0.05) is 15.7 Å². The molecule has 0 spiro atoms. The van der Waals surface area contributed by atoms with E-state index in [9.17, 15) is 17.6 Å². The molecule has 0 fully saturated rings. The number of amides is 1. The van der Waals surface area contributed by atoms with Crippen LogP contribution in [0.5, 0.6) is 0 Å². The lowest BCUT2D eigenvalue weighted by Gasteiger charge is -2.10. The Kier molecular flexibility index (Phi) is 5.28. The van der Waals surface area contributed by atoms with E-state index < -0.39 is 21.7 Å². The predicted molar refractivity (Wildman–Crippen MR) is 92.0 cm³/mol. The fraction of sp³-hybridized carbons (Fsp3) is 0.0714. The molecule has 0 radical (unpaired) electrons. The second-order valence-electron chi connectivity index (χ2n) is 4.68. The summed E-state index contributed by atoms with van der Waals surface area (Å²) in [4.78, 5) is 12.1. The van der Waals surface area contributed by atoms with Crippen LogP contribution in [0.25, 0.3) is 0 Å². The average Bonchev–Trinajstić information content (AvgIpc) is 2.39. The minimum atomic E-state index is -3.46. The smallest absolute Gasteiger partial charge is 0.255 e. The van der Waals surface area contributed by atoms with E-state index in [1.165, 1.54) is 30.3 Å². The van der Waals surface area contributed by atoms with Crippen LogP contribution in [-0.4, -0.2) is 20.6 Å². The number of benzene rings is 2. The minimum Gasteiger partial charge on any atom is -0.322 e. The summed E-state index contributed by atoms with van der Waals surface area (Å²) in [6.07, 6.45) is 1.00. The Morgan fingerprint density at radius 2 is 1.91 bits per heavy atom. The highest BCUT2D eigenvalue weighted by molar-refractivity contribution is 9.10. The van der Waals surface area contributed by atoms with Crippen molar-refractivity contribution in [3.8, 4) is 0 Å². The number of anilines is 2. The summed E-state index contributed by atoms with van der Waals surface area (Å²) in [5.41, 5.74) is 0.673. The fourth-order valence-electron chi connectivity index (χ4n) is 1.76. The van der Waals surface area contributed by atoms with Gasteiger partial charge in [-0.1, -0.05) is 27.5 Å². The third kappa shape index (κ3) is 5.19. The molecule has 0 atom stereocenters. The molecule has 0 aromatic heterocycles. The molecule has 2 N–H and O–H groups in total. The summed E-state index contributed by atoms with van der Waals surface area (Å²) < 4.78 is 38.4. The van der Waals surface area contributed by atoms with Crippen LogP contribution in [0.15, 0.2) is 40.9 Å². The van der Waals surface area contributed by atoms with Crippen molar-refractivity contribution in [2.24, 2.45) is 0 Å². The summed E-state index contributed by atoms with van der Waals surface area (Å²) in [6, 6.07) is 8.09. The Labute approximate surface area is 146 Å². The highest BCUT2D eigenvalue weighted by Gasteiger charge is 2.11. The Morgan fingerprint density at radius 3 is 2.48 bits per heavy atom. The topological polar surface area (TPSA) is 75.3 Å². The number of halogens is 3. The van der Waals surface area contributed by atoms with Crippen molar-refractivity contribution in [3.05, 3.63) is 57.3 Å². The van der Waals surface area contributed by atoms with Crippen molar-refractivity contribution < 1.29 is 17.6 Å². The van der Waals surface area contributed by atoms with Gasteiger partial charge in [0.05, 0.1) is 17.0 Å². The number of carbonyl (C=O) groups is 1. The average molecular weight is 422 g/mol. The van der Waals surface area contributed by atoms with Crippen LogP contribution >= 0.6 is 27.5 Å². The van der Waals surface area contributed by atoms with Crippen molar-refractivity contribution in [3.63, 3.8) is 0 Å². The summed E-state index contributed by atoms with van der Waals surface area (Å²) in [7, 11) is -3.46. The molecular weight excluding hydrogens is 411 g/mol. The van der Waals surface area contributed by atoms with Gasteiger partial charge in [-0.2, -0.15) is 0 Å². The van der Waals surface area contributed by atoms with E-state index in [1.807, 2.05) is 0 Å². The molecule has 2 rings (SSSR count). The molecule has 0 heterocycles. The SMILES string of the molecule is CS(=O)(=O)Nc1ccc(NC(=O)c2cc(F)cc(Br)c2)cc1Cl. The van der Waals surface area contributed by atoms with E-state index in [0.717, 1.165) is 12.3 Å². The molecule has 122 valence electrons. The third-order valence-corrected chi connectivity index (χ3v) is 4.01. The second-order valence-corrected chi connectivity index (χ2v) is 7.75. The van der Waals surface area contributed by atoms with Crippen molar-refractivity contribution in [1.82, 2.24) is 0 Å². The molecule has 23 heavy (non-hydrogen) atoms. The third-order valence-electron chi connectivity index (χ3n) is 2.65. The minimum absolute atomic E-state index is 0.119. The molecule has 0 saturated carbocycles. The maximum absolute atomic E-state index is 13.3. The van der Waals surface area contributed by atoms with Crippen LogP contribution in [0, 0.1) is 5.82 Å². The lowest BCUT2D eigenvalue weighted by molar-refractivity contribution is 0.102. The first kappa shape index (κ1) is 17.7. The maximum Gasteiger partial charge on any atom is 0.255 e. The van der Waals surface area contributed by atoms with Gasteiger partial charge in [-0.15, -0.1) is 0 Å². The van der Waals surface area contributed by atoms with E-state index in [-0.39, 0.29) is 16.3 Å². The Bertz CT molecular complexity index is 854. The molecule has 2 aromatic carbocycles. The Balaban J connectivity index is 2.20. The Morgan fingerprint density at radius 1 is 1.22 bits per heavy atom. The molecule has 0 aliphatic rings. The number of hydrogen-bond donors (Lipinski definition) is 2. The molecular formula is C14H11BrClFN2O3S. The summed E-state index contributed by atoms with van der Waals surface area (Å²) >= 11 is 9.08. The lowest BCUT2D eigenvalue weighted by atomic mass is 10.2.